The number of aryl methyl sites for hydroxylation is 1. The first-order valence-electron chi connectivity index (χ1n) is 7.55. The van der Waals surface area contributed by atoms with Gasteiger partial charge in [0, 0.05) is 18.5 Å². The van der Waals surface area contributed by atoms with Crippen LogP contribution in [0.15, 0.2) is 30.3 Å². The van der Waals surface area contributed by atoms with Gasteiger partial charge in [0.05, 0.1) is 11.6 Å². The molecule has 3 heteroatoms. The minimum Gasteiger partial charge on any atom is -0.378 e. The van der Waals surface area contributed by atoms with E-state index >= 15 is 0 Å². The summed E-state index contributed by atoms with van der Waals surface area (Å²) in [5.74, 6) is 1.000. The fourth-order valence-electron chi connectivity index (χ4n) is 2.79. The summed E-state index contributed by atoms with van der Waals surface area (Å²) in [5.41, 5.74) is 2.25. The minimum atomic E-state index is 0.428. The van der Waals surface area contributed by atoms with Gasteiger partial charge in [-0.2, -0.15) is 0 Å². The van der Waals surface area contributed by atoms with Crippen LogP contribution < -0.4 is 5.32 Å². The van der Waals surface area contributed by atoms with Crippen LogP contribution in [0.3, 0.4) is 0 Å². The molecule has 3 nitrogen and oxygen atoms in total. The van der Waals surface area contributed by atoms with Gasteiger partial charge in [0.2, 0.25) is 0 Å². The number of anilines is 1. The molecule has 2 aromatic rings. The van der Waals surface area contributed by atoms with Crippen molar-refractivity contribution in [3.63, 3.8) is 0 Å². The molecule has 1 aliphatic rings. The van der Waals surface area contributed by atoms with Crippen LogP contribution in [0.25, 0.3) is 10.9 Å². The molecule has 0 aliphatic carbocycles. The lowest BCUT2D eigenvalue weighted by Gasteiger charge is -2.22. The van der Waals surface area contributed by atoms with E-state index in [1.54, 1.807) is 0 Å². The fraction of sp³-hybridized carbons (Fsp3) is 0.471. The monoisotopic (exact) mass is 270 g/mol. The van der Waals surface area contributed by atoms with Gasteiger partial charge in [-0.3, -0.25) is 0 Å². The first-order valence-corrected chi connectivity index (χ1v) is 7.55. The van der Waals surface area contributed by atoms with Crippen molar-refractivity contribution in [2.45, 2.75) is 38.7 Å². The largest absolute Gasteiger partial charge is 0.378 e. The minimum absolute atomic E-state index is 0.428. The molecule has 106 valence electrons. The van der Waals surface area contributed by atoms with E-state index < -0.39 is 0 Å². The molecule has 0 radical (unpaired) electrons. The molecule has 1 N–H and O–H groups in total. The average Bonchev–Trinajstić information content (AvgIpc) is 2.49. The highest BCUT2D eigenvalue weighted by Gasteiger charge is 2.13. The van der Waals surface area contributed by atoms with Gasteiger partial charge < -0.3 is 10.1 Å². The van der Waals surface area contributed by atoms with Crippen LogP contribution in [0.5, 0.6) is 0 Å². The van der Waals surface area contributed by atoms with Gasteiger partial charge >= 0.3 is 0 Å². The summed E-state index contributed by atoms with van der Waals surface area (Å²) in [4.78, 5) is 4.71. The Morgan fingerprint density at radius 3 is 3.05 bits per heavy atom. The predicted octanol–water partition coefficient (Wildman–Crippen LogP) is 3.91. The first-order chi connectivity index (χ1) is 9.83. The molecule has 0 amide bonds. The highest BCUT2D eigenvalue weighted by Crippen LogP contribution is 2.20. The lowest BCUT2D eigenvalue weighted by Crippen LogP contribution is -2.22. The van der Waals surface area contributed by atoms with Gasteiger partial charge in [-0.1, -0.05) is 18.2 Å². The zero-order chi connectivity index (χ0) is 13.8. The van der Waals surface area contributed by atoms with E-state index in [-0.39, 0.29) is 0 Å². The van der Waals surface area contributed by atoms with Crippen molar-refractivity contribution in [3.8, 4) is 0 Å². The molecular weight excluding hydrogens is 248 g/mol. The summed E-state index contributed by atoms with van der Waals surface area (Å²) in [6, 6.07) is 10.4. The molecule has 1 aromatic heterocycles. The summed E-state index contributed by atoms with van der Waals surface area (Å²) in [6.07, 6.45) is 5.21. The highest BCUT2D eigenvalue weighted by atomic mass is 16.5. The van der Waals surface area contributed by atoms with Crippen molar-refractivity contribution in [2.24, 2.45) is 0 Å². The number of nitrogens with zero attached hydrogens (tertiary/aromatic N) is 1. The average molecular weight is 270 g/mol. The van der Waals surface area contributed by atoms with Gasteiger partial charge in [-0.25, -0.2) is 4.98 Å². The topological polar surface area (TPSA) is 34.2 Å². The first kappa shape index (κ1) is 13.4. The number of ether oxygens (including phenoxy) is 1. The van der Waals surface area contributed by atoms with E-state index in [0.717, 1.165) is 30.9 Å². The molecule has 1 aromatic carbocycles. The summed E-state index contributed by atoms with van der Waals surface area (Å²) < 4.78 is 5.76. The molecule has 1 atom stereocenters. The summed E-state index contributed by atoms with van der Waals surface area (Å²) in [7, 11) is 0. The predicted molar refractivity (Wildman–Crippen MR) is 83.2 cm³/mol. The van der Waals surface area contributed by atoms with Gasteiger partial charge in [-0.05, 0) is 50.3 Å². The van der Waals surface area contributed by atoms with E-state index in [0.29, 0.717) is 6.10 Å². The number of pyridine rings is 1. The lowest BCUT2D eigenvalue weighted by molar-refractivity contribution is 0.0134. The normalized spacial score (nSPS) is 19.1. The van der Waals surface area contributed by atoms with Crippen molar-refractivity contribution in [1.29, 1.82) is 0 Å². The fourth-order valence-corrected chi connectivity index (χ4v) is 2.79. The van der Waals surface area contributed by atoms with Crippen LogP contribution in [0.1, 0.15) is 31.2 Å². The highest BCUT2D eigenvalue weighted by molar-refractivity contribution is 5.81. The maximum atomic E-state index is 5.76. The molecule has 20 heavy (non-hydrogen) atoms. The molecule has 3 rings (SSSR count). The molecule has 0 saturated carbocycles. The number of nitrogens with one attached hydrogen (secondary N) is 1. The standard InChI is InChI=1S/C17H22N2O/c1-13-12-14-6-2-3-8-16(14)19-17(13)18-10-9-15-7-4-5-11-20-15/h2-3,6,8,12,15H,4-5,7,9-11H2,1H3,(H,18,19). The maximum Gasteiger partial charge on any atom is 0.129 e. The second-order valence-electron chi connectivity index (χ2n) is 5.55. The second kappa shape index (κ2) is 6.23. The molecule has 1 fully saturated rings. The third kappa shape index (κ3) is 3.10. The van der Waals surface area contributed by atoms with Crippen LogP contribution in [0.2, 0.25) is 0 Å². The van der Waals surface area contributed by atoms with Gasteiger partial charge in [0.15, 0.2) is 0 Å². The Balaban J connectivity index is 1.63. The number of hydrogen-bond donors (Lipinski definition) is 1. The Labute approximate surface area is 120 Å². The number of aromatic nitrogens is 1. The number of hydrogen-bond acceptors (Lipinski definition) is 3. The van der Waals surface area contributed by atoms with E-state index in [4.69, 9.17) is 9.72 Å². The van der Waals surface area contributed by atoms with E-state index in [2.05, 4.69) is 36.5 Å². The van der Waals surface area contributed by atoms with Crippen LogP contribution in [-0.4, -0.2) is 24.2 Å². The van der Waals surface area contributed by atoms with Crippen molar-refractivity contribution < 1.29 is 4.74 Å². The molecular formula is C17H22N2O. The number of benzene rings is 1. The van der Waals surface area contributed by atoms with Gasteiger partial charge in [0.1, 0.15) is 5.82 Å². The second-order valence-corrected chi connectivity index (χ2v) is 5.55. The smallest absolute Gasteiger partial charge is 0.129 e. The Morgan fingerprint density at radius 2 is 2.20 bits per heavy atom. The SMILES string of the molecule is Cc1cc2ccccc2nc1NCCC1CCCCO1. The van der Waals surface area contributed by atoms with Crippen LogP contribution in [0.4, 0.5) is 5.82 Å². The summed E-state index contributed by atoms with van der Waals surface area (Å²) in [5, 5.41) is 4.66. The Hall–Kier alpha value is -1.61. The zero-order valence-corrected chi connectivity index (χ0v) is 12.1. The van der Waals surface area contributed by atoms with Crippen molar-refractivity contribution >= 4 is 16.7 Å². The molecule has 2 heterocycles. The molecule has 1 unspecified atom stereocenters. The third-order valence-corrected chi connectivity index (χ3v) is 3.95. The summed E-state index contributed by atoms with van der Waals surface area (Å²) >= 11 is 0. The third-order valence-electron chi connectivity index (χ3n) is 3.95. The quantitative estimate of drug-likeness (QED) is 0.914. The Kier molecular flexibility index (Phi) is 4.16. The van der Waals surface area contributed by atoms with Crippen LogP contribution in [0, 0.1) is 6.92 Å². The number of fused-ring (bicyclic) bond motifs is 1. The van der Waals surface area contributed by atoms with Crippen molar-refractivity contribution in [3.05, 3.63) is 35.9 Å². The lowest BCUT2D eigenvalue weighted by atomic mass is 10.1. The van der Waals surface area contributed by atoms with Crippen molar-refractivity contribution in [1.82, 2.24) is 4.98 Å². The van der Waals surface area contributed by atoms with Gasteiger partial charge in [-0.15, -0.1) is 0 Å². The Bertz CT molecular complexity index is 576. The molecule has 0 bridgehead atoms. The number of para-hydroxylation sites is 1. The van der Waals surface area contributed by atoms with Crippen molar-refractivity contribution in [2.75, 3.05) is 18.5 Å². The van der Waals surface area contributed by atoms with E-state index in [1.807, 2.05) is 6.07 Å². The van der Waals surface area contributed by atoms with E-state index in [1.165, 1.54) is 30.2 Å². The van der Waals surface area contributed by atoms with Crippen LogP contribution in [-0.2, 0) is 4.74 Å². The molecule has 1 aliphatic heterocycles. The van der Waals surface area contributed by atoms with E-state index in [9.17, 15) is 0 Å². The molecule has 0 spiro atoms. The zero-order valence-electron chi connectivity index (χ0n) is 12.1. The summed E-state index contributed by atoms with van der Waals surface area (Å²) in [6.45, 7) is 3.97. The number of rotatable bonds is 4. The van der Waals surface area contributed by atoms with Crippen LogP contribution >= 0.6 is 0 Å². The van der Waals surface area contributed by atoms with Gasteiger partial charge in [0.25, 0.3) is 0 Å². The Morgan fingerprint density at radius 1 is 1.30 bits per heavy atom. The maximum absolute atomic E-state index is 5.76. The molecule has 1 saturated heterocycles.